The summed E-state index contributed by atoms with van der Waals surface area (Å²) in [5, 5.41) is 1.89. The predicted octanol–water partition coefficient (Wildman–Crippen LogP) is 4.20. The second kappa shape index (κ2) is 9.45. The minimum atomic E-state index is -3.56. The Morgan fingerprint density at radius 3 is 2.39 bits per heavy atom. The minimum Gasteiger partial charge on any atom is -0.429 e. The van der Waals surface area contributed by atoms with Crippen molar-refractivity contribution in [2.45, 2.75) is 38.0 Å². The van der Waals surface area contributed by atoms with Crippen molar-refractivity contribution in [3.8, 4) is 5.75 Å². The van der Waals surface area contributed by atoms with Gasteiger partial charge in [-0.2, -0.15) is 4.31 Å². The molecule has 0 radical (unpaired) electrons. The van der Waals surface area contributed by atoms with Crippen LogP contribution < -0.4 is 4.74 Å². The Morgan fingerprint density at radius 2 is 1.70 bits per heavy atom. The molecule has 0 aliphatic carbocycles. The van der Waals surface area contributed by atoms with E-state index in [4.69, 9.17) is 4.74 Å². The SMILES string of the molecule is Cc1ccc(S(=O)(=O)N2CCC(C(=O)Cc3ccc4cc(OC=O)ccc4c3)CC2)c(C)c1. The summed E-state index contributed by atoms with van der Waals surface area (Å²) in [4.78, 5) is 23.8. The maximum atomic E-state index is 13.1. The molecule has 0 amide bonds. The van der Waals surface area contributed by atoms with Crippen molar-refractivity contribution >= 4 is 33.1 Å². The number of Topliss-reactive ketones (excluding diaryl/α,β-unsaturated/α-hetero) is 1. The van der Waals surface area contributed by atoms with Crippen LogP contribution in [0.5, 0.6) is 5.75 Å². The monoisotopic (exact) mass is 465 g/mol. The Bertz CT molecular complexity index is 1310. The van der Waals surface area contributed by atoms with Gasteiger partial charge < -0.3 is 4.74 Å². The lowest BCUT2D eigenvalue weighted by Gasteiger charge is -2.31. The molecule has 33 heavy (non-hydrogen) atoms. The summed E-state index contributed by atoms with van der Waals surface area (Å²) in [5.74, 6) is 0.470. The average molecular weight is 466 g/mol. The van der Waals surface area contributed by atoms with E-state index in [0.717, 1.165) is 27.5 Å². The lowest BCUT2D eigenvalue weighted by molar-refractivity contribution is -0.123. The molecule has 0 bridgehead atoms. The zero-order valence-corrected chi connectivity index (χ0v) is 19.6. The number of ketones is 1. The van der Waals surface area contributed by atoms with Gasteiger partial charge in [-0.3, -0.25) is 9.59 Å². The maximum Gasteiger partial charge on any atom is 0.298 e. The summed E-state index contributed by atoms with van der Waals surface area (Å²) >= 11 is 0. The van der Waals surface area contributed by atoms with E-state index in [9.17, 15) is 18.0 Å². The fourth-order valence-electron chi connectivity index (χ4n) is 4.50. The number of benzene rings is 3. The molecule has 1 aliphatic rings. The van der Waals surface area contributed by atoms with Crippen LogP contribution in [-0.4, -0.2) is 38.1 Å². The molecular weight excluding hydrogens is 438 g/mol. The van der Waals surface area contributed by atoms with E-state index >= 15 is 0 Å². The standard InChI is InChI=1S/C26H27NO5S/c1-18-3-8-26(19(2)13-18)33(30,31)27-11-9-21(10-12-27)25(29)15-20-4-5-23-16-24(32-17-28)7-6-22(23)14-20/h3-8,13-14,16-17,21H,9-12,15H2,1-2H3. The van der Waals surface area contributed by atoms with Gasteiger partial charge in [-0.1, -0.05) is 42.0 Å². The van der Waals surface area contributed by atoms with Gasteiger partial charge in [0.1, 0.15) is 11.5 Å². The Hall–Kier alpha value is -3.03. The minimum absolute atomic E-state index is 0.138. The summed E-state index contributed by atoms with van der Waals surface area (Å²) in [7, 11) is -3.56. The molecule has 3 aromatic carbocycles. The van der Waals surface area contributed by atoms with Gasteiger partial charge in [-0.25, -0.2) is 8.42 Å². The van der Waals surface area contributed by atoms with Crippen molar-refractivity contribution in [3.63, 3.8) is 0 Å². The molecule has 0 spiro atoms. The molecular formula is C26H27NO5S. The lowest BCUT2D eigenvalue weighted by atomic mass is 9.89. The molecule has 0 unspecified atom stereocenters. The molecule has 0 atom stereocenters. The van der Waals surface area contributed by atoms with Gasteiger partial charge in [0, 0.05) is 25.4 Å². The summed E-state index contributed by atoms with van der Waals surface area (Å²) in [5.41, 5.74) is 2.69. The van der Waals surface area contributed by atoms with Crippen molar-refractivity contribution in [1.29, 1.82) is 0 Å². The summed E-state index contributed by atoms with van der Waals surface area (Å²) in [6, 6.07) is 16.5. The molecule has 6 nitrogen and oxygen atoms in total. The van der Waals surface area contributed by atoms with Crippen molar-refractivity contribution < 1.29 is 22.7 Å². The zero-order valence-electron chi connectivity index (χ0n) is 18.8. The van der Waals surface area contributed by atoms with Crippen LogP contribution in [0.3, 0.4) is 0 Å². The number of carbonyl (C=O) groups excluding carboxylic acids is 2. The molecule has 1 aliphatic heterocycles. The first-order valence-electron chi connectivity index (χ1n) is 11.0. The van der Waals surface area contributed by atoms with Crippen LogP contribution in [0.15, 0.2) is 59.5 Å². The third-order valence-electron chi connectivity index (χ3n) is 6.30. The van der Waals surface area contributed by atoms with Crippen LogP contribution >= 0.6 is 0 Å². The molecule has 172 valence electrons. The second-order valence-electron chi connectivity index (χ2n) is 8.65. The van der Waals surface area contributed by atoms with Gasteiger partial charge >= 0.3 is 0 Å². The molecule has 3 aromatic rings. The number of rotatable bonds is 7. The van der Waals surface area contributed by atoms with E-state index in [2.05, 4.69) is 0 Å². The van der Waals surface area contributed by atoms with Gasteiger partial charge in [0.05, 0.1) is 4.90 Å². The van der Waals surface area contributed by atoms with Gasteiger partial charge in [0.15, 0.2) is 0 Å². The van der Waals surface area contributed by atoms with E-state index in [-0.39, 0.29) is 11.7 Å². The Labute approximate surface area is 194 Å². The van der Waals surface area contributed by atoms with Crippen molar-refractivity contribution in [2.24, 2.45) is 5.92 Å². The molecule has 4 rings (SSSR count). The molecule has 7 heteroatoms. The number of hydrogen-bond donors (Lipinski definition) is 0. The quantitative estimate of drug-likeness (QED) is 0.489. The van der Waals surface area contributed by atoms with Crippen LogP contribution in [-0.2, 0) is 26.0 Å². The number of carbonyl (C=O) groups is 2. The number of piperidine rings is 1. The Balaban J connectivity index is 1.40. The smallest absolute Gasteiger partial charge is 0.298 e. The number of nitrogens with zero attached hydrogens (tertiary/aromatic N) is 1. The molecule has 0 N–H and O–H groups in total. The van der Waals surface area contributed by atoms with E-state index in [0.29, 0.717) is 49.5 Å². The highest BCUT2D eigenvalue weighted by atomic mass is 32.2. The highest BCUT2D eigenvalue weighted by molar-refractivity contribution is 7.89. The fraction of sp³-hybridized carbons (Fsp3) is 0.308. The molecule has 0 aromatic heterocycles. The topological polar surface area (TPSA) is 80.8 Å². The van der Waals surface area contributed by atoms with Crippen LogP contribution in [0.1, 0.15) is 29.5 Å². The van der Waals surface area contributed by atoms with Gasteiger partial charge in [-0.15, -0.1) is 0 Å². The van der Waals surface area contributed by atoms with Crippen molar-refractivity contribution in [2.75, 3.05) is 13.1 Å². The van der Waals surface area contributed by atoms with Gasteiger partial charge in [0.25, 0.3) is 6.47 Å². The largest absolute Gasteiger partial charge is 0.429 e. The third kappa shape index (κ3) is 4.99. The first kappa shape index (κ1) is 23.1. The van der Waals surface area contributed by atoms with E-state index in [1.54, 1.807) is 18.2 Å². The number of hydrogen-bond acceptors (Lipinski definition) is 5. The van der Waals surface area contributed by atoms with Gasteiger partial charge in [0.2, 0.25) is 10.0 Å². The first-order chi connectivity index (χ1) is 15.8. The predicted molar refractivity (Wildman–Crippen MR) is 127 cm³/mol. The highest BCUT2D eigenvalue weighted by Gasteiger charge is 2.32. The second-order valence-corrected chi connectivity index (χ2v) is 10.6. The maximum absolute atomic E-state index is 13.1. The Kier molecular flexibility index (Phi) is 6.63. The third-order valence-corrected chi connectivity index (χ3v) is 8.36. The van der Waals surface area contributed by atoms with Crippen molar-refractivity contribution in [1.82, 2.24) is 4.31 Å². The van der Waals surface area contributed by atoms with E-state index in [1.165, 1.54) is 4.31 Å². The van der Waals surface area contributed by atoms with Crippen LogP contribution in [0.4, 0.5) is 0 Å². The fourth-order valence-corrected chi connectivity index (χ4v) is 6.18. The molecule has 1 saturated heterocycles. The van der Waals surface area contributed by atoms with E-state index in [1.807, 2.05) is 50.2 Å². The number of sulfonamides is 1. The Morgan fingerprint density at radius 1 is 1.00 bits per heavy atom. The highest BCUT2D eigenvalue weighted by Crippen LogP contribution is 2.28. The summed E-state index contributed by atoms with van der Waals surface area (Å²) < 4.78 is 32.6. The van der Waals surface area contributed by atoms with E-state index < -0.39 is 10.0 Å². The van der Waals surface area contributed by atoms with Gasteiger partial charge in [-0.05, 0) is 66.8 Å². The zero-order chi connectivity index (χ0) is 23.6. The molecule has 1 heterocycles. The van der Waals surface area contributed by atoms with Crippen LogP contribution in [0, 0.1) is 19.8 Å². The number of ether oxygens (including phenoxy) is 1. The molecule has 1 fully saturated rings. The first-order valence-corrected chi connectivity index (χ1v) is 12.4. The normalized spacial score (nSPS) is 15.5. The van der Waals surface area contributed by atoms with Crippen LogP contribution in [0.25, 0.3) is 10.8 Å². The van der Waals surface area contributed by atoms with Crippen LogP contribution in [0.2, 0.25) is 0 Å². The van der Waals surface area contributed by atoms with Crippen molar-refractivity contribution in [3.05, 3.63) is 71.3 Å². The lowest BCUT2D eigenvalue weighted by Crippen LogP contribution is -2.40. The molecule has 0 saturated carbocycles. The summed E-state index contributed by atoms with van der Waals surface area (Å²) in [6.07, 6.45) is 1.38. The summed E-state index contributed by atoms with van der Waals surface area (Å²) in [6.45, 7) is 4.85. The average Bonchev–Trinajstić information content (AvgIpc) is 2.79. The number of fused-ring (bicyclic) bond motifs is 1. The number of aryl methyl sites for hydroxylation is 2.